The van der Waals surface area contributed by atoms with Crippen LogP contribution in [0.3, 0.4) is 0 Å². The van der Waals surface area contributed by atoms with Crippen LogP contribution in [0.4, 0.5) is 4.79 Å². The Hall–Kier alpha value is -2.83. The highest BCUT2D eigenvalue weighted by Gasteiger charge is 2.33. The number of imide groups is 1. The quantitative estimate of drug-likeness (QED) is 0.407. The van der Waals surface area contributed by atoms with Gasteiger partial charge in [0.25, 0.3) is 5.91 Å². The number of ether oxygens (including phenoxy) is 1. The number of carbonyl (C=O) groups is 3. The fourth-order valence-electron chi connectivity index (χ4n) is 2.62. The Morgan fingerprint density at radius 3 is 2.64 bits per heavy atom. The van der Waals surface area contributed by atoms with E-state index in [0.717, 1.165) is 12.8 Å². The highest BCUT2D eigenvalue weighted by Crippen LogP contribution is 2.22. The number of nitrogens with one attached hydrogen (secondary N) is 1. The second-order valence-electron chi connectivity index (χ2n) is 5.74. The maximum Gasteiger partial charge on any atom is 0.329 e. The monoisotopic (exact) mass is 346 g/mol. The summed E-state index contributed by atoms with van der Waals surface area (Å²) in [6, 6.07) is 6.80. The Labute approximate surface area is 146 Å². The summed E-state index contributed by atoms with van der Waals surface area (Å²) in [5.41, 5.74) is 0.935. The van der Waals surface area contributed by atoms with Crippen LogP contribution in [0.25, 0.3) is 6.08 Å². The van der Waals surface area contributed by atoms with Crippen molar-refractivity contribution in [2.45, 2.75) is 32.1 Å². The molecular formula is C18H22N2O5. The van der Waals surface area contributed by atoms with Gasteiger partial charge in [0.15, 0.2) is 0 Å². The molecular weight excluding hydrogens is 324 g/mol. The molecule has 1 aliphatic heterocycles. The van der Waals surface area contributed by atoms with E-state index in [-0.39, 0.29) is 18.0 Å². The summed E-state index contributed by atoms with van der Waals surface area (Å²) in [5.74, 6) is -0.546. The molecule has 7 heteroatoms. The molecule has 0 spiro atoms. The second kappa shape index (κ2) is 8.86. The van der Waals surface area contributed by atoms with Gasteiger partial charge in [-0.1, -0.05) is 31.0 Å². The smallest absolute Gasteiger partial charge is 0.329 e. The number of methoxy groups -OCH3 is 1. The van der Waals surface area contributed by atoms with Crippen LogP contribution < -0.4 is 10.1 Å². The number of rotatable bonds is 9. The lowest BCUT2D eigenvalue weighted by molar-refractivity contribution is -0.137. The first kappa shape index (κ1) is 18.5. The van der Waals surface area contributed by atoms with E-state index in [2.05, 4.69) is 5.32 Å². The van der Waals surface area contributed by atoms with Gasteiger partial charge in [-0.3, -0.25) is 14.5 Å². The van der Waals surface area contributed by atoms with Crippen LogP contribution in [0.2, 0.25) is 0 Å². The summed E-state index contributed by atoms with van der Waals surface area (Å²) >= 11 is 0. The molecule has 1 fully saturated rings. The average Bonchev–Trinajstić information content (AvgIpc) is 2.85. The first-order valence-corrected chi connectivity index (χ1v) is 8.22. The van der Waals surface area contributed by atoms with E-state index in [4.69, 9.17) is 9.84 Å². The van der Waals surface area contributed by atoms with E-state index in [1.54, 1.807) is 25.3 Å². The Kier molecular flexibility index (Phi) is 6.56. The molecule has 0 saturated carbocycles. The predicted octanol–water partition coefficient (Wildman–Crippen LogP) is 2.62. The molecule has 0 bridgehead atoms. The van der Waals surface area contributed by atoms with Crippen molar-refractivity contribution in [2.24, 2.45) is 0 Å². The minimum Gasteiger partial charge on any atom is -0.496 e. The third kappa shape index (κ3) is 5.07. The maximum atomic E-state index is 12.4. The zero-order valence-electron chi connectivity index (χ0n) is 14.2. The molecule has 25 heavy (non-hydrogen) atoms. The lowest BCUT2D eigenvalue weighted by Crippen LogP contribution is -2.31. The zero-order valence-corrected chi connectivity index (χ0v) is 14.2. The van der Waals surface area contributed by atoms with E-state index in [1.165, 1.54) is 4.90 Å². The van der Waals surface area contributed by atoms with E-state index < -0.39 is 12.0 Å². The van der Waals surface area contributed by atoms with Gasteiger partial charge in [0.05, 0.1) is 7.11 Å². The highest BCUT2D eigenvalue weighted by molar-refractivity contribution is 6.14. The molecule has 0 atom stereocenters. The van der Waals surface area contributed by atoms with Crippen LogP contribution in [-0.4, -0.2) is 41.6 Å². The van der Waals surface area contributed by atoms with E-state index in [1.807, 2.05) is 12.1 Å². The van der Waals surface area contributed by atoms with Crippen LogP contribution in [0.15, 0.2) is 30.0 Å². The van der Waals surface area contributed by atoms with Crippen LogP contribution >= 0.6 is 0 Å². The topological polar surface area (TPSA) is 95.9 Å². The van der Waals surface area contributed by atoms with Gasteiger partial charge in [0, 0.05) is 18.5 Å². The Bertz CT molecular complexity index is 684. The first-order valence-electron chi connectivity index (χ1n) is 8.22. The van der Waals surface area contributed by atoms with Gasteiger partial charge in [-0.2, -0.15) is 0 Å². The number of urea groups is 1. The number of benzene rings is 1. The Balaban J connectivity index is 1.91. The SMILES string of the molecule is COc1ccccc1/C=C1\NC(=O)N(CCCCCCC(=O)O)C1=O. The molecule has 7 nitrogen and oxygen atoms in total. The highest BCUT2D eigenvalue weighted by atomic mass is 16.5. The van der Waals surface area contributed by atoms with Crippen molar-refractivity contribution in [3.63, 3.8) is 0 Å². The van der Waals surface area contributed by atoms with Crippen LogP contribution in [0, 0.1) is 0 Å². The molecule has 0 aromatic heterocycles. The fourth-order valence-corrected chi connectivity index (χ4v) is 2.62. The molecule has 134 valence electrons. The van der Waals surface area contributed by atoms with Crippen molar-refractivity contribution in [1.82, 2.24) is 10.2 Å². The predicted molar refractivity (Wildman–Crippen MR) is 91.9 cm³/mol. The van der Waals surface area contributed by atoms with Crippen molar-refractivity contribution >= 4 is 24.0 Å². The normalized spacial score (nSPS) is 15.6. The van der Waals surface area contributed by atoms with Crippen molar-refractivity contribution in [3.05, 3.63) is 35.5 Å². The number of amides is 3. The molecule has 1 aliphatic rings. The van der Waals surface area contributed by atoms with Gasteiger partial charge in [-0.15, -0.1) is 0 Å². The fraction of sp³-hybridized carbons (Fsp3) is 0.389. The zero-order chi connectivity index (χ0) is 18.2. The van der Waals surface area contributed by atoms with Crippen LogP contribution in [0.5, 0.6) is 5.75 Å². The lowest BCUT2D eigenvalue weighted by atomic mass is 10.1. The number of hydrogen-bond donors (Lipinski definition) is 2. The van der Waals surface area contributed by atoms with Gasteiger partial charge >= 0.3 is 12.0 Å². The Morgan fingerprint density at radius 1 is 1.20 bits per heavy atom. The second-order valence-corrected chi connectivity index (χ2v) is 5.74. The molecule has 0 aliphatic carbocycles. The number of para-hydroxylation sites is 1. The number of carboxylic acid groups (broad SMARTS) is 1. The van der Waals surface area contributed by atoms with E-state index >= 15 is 0 Å². The molecule has 0 radical (unpaired) electrons. The minimum absolute atomic E-state index is 0.148. The molecule has 2 N–H and O–H groups in total. The standard InChI is InChI=1S/C18H22N2O5/c1-25-15-9-6-5-8-13(15)12-14-17(23)20(18(24)19-14)11-7-3-2-4-10-16(21)22/h5-6,8-9,12H,2-4,7,10-11H2,1H3,(H,19,24)(H,21,22)/b14-12-. The molecule has 0 unspecified atom stereocenters. The summed E-state index contributed by atoms with van der Waals surface area (Å²) in [4.78, 5) is 36.0. The summed E-state index contributed by atoms with van der Waals surface area (Å²) in [5, 5.41) is 11.2. The number of aliphatic carboxylic acids is 1. The minimum atomic E-state index is -0.805. The average molecular weight is 346 g/mol. The number of nitrogens with zero attached hydrogens (tertiary/aromatic N) is 1. The number of carboxylic acids is 1. The summed E-state index contributed by atoms with van der Waals surface area (Å²) < 4.78 is 5.24. The molecule has 1 heterocycles. The number of carbonyl (C=O) groups excluding carboxylic acids is 2. The van der Waals surface area contributed by atoms with E-state index in [9.17, 15) is 14.4 Å². The van der Waals surface area contributed by atoms with Crippen molar-refractivity contribution in [2.75, 3.05) is 13.7 Å². The summed E-state index contributed by atoms with van der Waals surface area (Å²) in [6.45, 7) is 0.320. The molecule has 1 aromatic rings. The van der Waals surface area contributed by atoms with Gasteiger partial charge < -0.3 is 15.2 Å². The van der Waals surface area contributed by atoms with Gasteiger partial charge in [0.2, 0.25) is 0 Å². The molecule has 1 saturated heterocycles. The Morgan fingerprint density at radius 2 is 1.92 bits per heavy atom. The summed E-state index contributed by atoms with van der Waals surface area (Å²) in [7, 11) is 1.54. The molecule has 2 rings (SSSR count). The number of hydrogen-bond acceptors (Lipinski definition) is 4. The van der Waals surface area contributed by atoms with Crippen LogP contribution in [-0.2, 0) is 9.59 Å². The third-order valence-electron chi connectivity index (χ3n) is 3.92. The lowest BCUT2D eigenvalue weighted by Gasteiger charge is -2.11. The maximum absolute atomic E-state index is 12.4. The third-order valence-corrected chi connectivity index (χ3v) is 3.92. The van der Waals surface area contributed by atoms with Crippen molar-refractivity contribution in [3.8, 4) is 5.75 Å². The summed E-state index contributed by atoms with van der Waals surface area (Å²) in [6.07, 6.45) is 4.55. The van der Waals surface area contributed by atoms with Gasteiger partial charge in [-0.05, 0) is 25.0 Å². The van der Waals surface area contributed by atoms with Crippen LogP contribution in [0.1, 0.15) is 37.7 Å². The largest absolute Gasteiger partial charge is 0.496 e. The number of unbranched alkanes of at least 4 members (excludes halogenated alkanes) is 3. The molecule has 3 amide bonds. The van der Waals surface area contributed by atoms with Crippen molar-refractivity contribution < 1.29 is 24.2 Å². The van der Waals surface area contributed by atoms with Gasteiger partial charge in [0.1, 0.15) is 11.4 Å². The first-order chi connectivity index (χ1) is 12.0. The van der Waals surface area contributed by atoms with Crippen molar-refractivity contribution in [1.29, 1.82) is 0 Å². The van der Waals surface area contributed by atoms with Gasteiger partial charge in [-0.25, -0.2) is 4.79 Å². The molecule has 1 aromatic carbocycles. The van der Waals surface area contributed by atoms with E-state index in [0.29, 0.717) is 30.7 Å².